The third-order valence-corrected chi connectivity index (χ3v) is 6.07. The molecule has 1 fully saturated rings. The topological polar surface area (TPSA) is 49.9 Å². The number of ether oxygens (including phenoxy) is 1. The van der Waals surface area contributed by atoms with Gasteiger partial charge in [-0.05, 0) is 43.5 Å². The maximum atomic E-state index is 13.2. The maximum absolute atomic E-state index is 13.2. The van der Waals surface area contributed by atoms with Crippen molar-refractivity contribution in [3.05, 3.63) is 70.8 Å². The Bertz CT molecular complexity index is 875. The second-order valence-corrected chi connectivity index (χ2v) is 8.49. The summed E-state index contributed by atoms with van der Waals surface area (Å²) >= 11 is 0. The van der Waals surface area contributed by atoms with Crippen LogP contribution in [0, 0.1) is 13.8 Å². The van der Waals surface area contributed by atoms with E-state index in [1.807, 2.05) is 67.3 Å². The van der Waals surface area contributed by atoms with E-state index < -0.39 is 0 Å². The van der Waals surface area contributed by atoms with Crippen molar-refractivity contribution in [2.24, 2.45) is 0 Å². The molecule has 1 amide bonds. The zero-order valence-corrected chi connectivity index (χ0v) is 19.0. The summed E-state index contributed by atoms with van der Waals surface area (Å²) in [6, 6.07) is 15.9. The first-order valence-electron chi connectivity index (χ1n) is 11.2. The molecule has 1 aliphatic rings. The molecule has 0 saturated carbocycles. The Morgan fingerprint density at radius 2 is 1.71 bits per heavy atom. The molecule has 0 aliphatic carbocycles. The van der Waals surface area contributed by atoms with Crippen LogP contribution in [0.15, 0.2) is 48.5 Å². The van der Waals surface area contributed by atoms with E-state index in [1.54, 1.807) is 0 Å². The Morgan fingerprint density at radius 3 is 2.39 bits per heavy atom. The molecule has 5 nitrogen and oxygen atoms in total. The van der Waals surface area contributed by atoms with Crippen molar-refractivity contribution in [1.29, 1.82) is 0 Å². The molecule has 0 aromatic heterocycles. The van der Waals surface area contributed by atoms with Crippen molar-refractivity contribution in [3.63, 3.8) is 0 Å². The number of morpholine rings is 1. The molecule has 3 rings (SSSR count). The second-order valence-electron chi connectivity index (χ2n) is 8.49. The monoisotopic (exact) mass is 422 g/mol. The van der Waals surface area contributed by atoms with Gasteiger partial charge in [0.2, 0.25) is 5.91 Å². The van der Waals surface area contributed by atoms with E-state index in [-0.39, 0.29) is 30.6 Å². The summed E-state index contributed by atoms with van der Waals surface area (Å²) in [5.74, 6) is 0.0544. The largest absolute Gasteiger partial charge is 0.379 e. The maximum Gasteiger partial charge on any atom is 0.223 e. The Hall–Kier alpha value is -2.50. The lowest BCUT2D eigenvalue weighted by Gasteiger charge is -2.35. The number of amides is 1. The SMILES string of the molecule is Cc1ccc(C(=O)CCC(=O)N(Cc2ccccc2)C(C)CN2CCOCC2)cc1C. The molecule has 2 aromatic carbocycles. The van der Waals surface area contributed by atoms with E-state index >= 15 is 0 Å². The number of benzene rings is 2. The molecule has 31 heavy (non-hydrogen) atoms. The normalized spacial score (nSPS) is 15.5. The van der Waals surface area contributed by atoms with Crippen molar-refractivity contribution in [3.8, 4) is 0 Å². The van der Waals surface area contributed by atoms with Gasteiger partial charge < -0.3 is 9.64 Å². The number of carbonyl (C=O) groups is 2. The standard InChI is InChI=1S/C26H34N2O3/c1-20-9-10-24(17-21(20)2)25(29)11-12-26(30)28(19-23-7-5-4-6-8-23)22(3)18-27-13-15-31-16-14-27/h4-10,17,22H,11-16,18-19H2,1-3H3. The van der Waals surface area contributed by atoms with E-state index in [0.29, 0.717) is 12.1 Å². The summed E-state index contributed by atoms with van der Waals surface area (Å²) in [5.41, 5.74) is 4.05. The smallest absolute Gasteiger partial charge is 0.223 e. The minimum atomic E-state index is 0.0249. The molecule has 1 unspecified atom stereocenters. The lowest BCUT2D eigenvalue weighted by atomic mass is 10.0. The van der Waals surface area contributed by atoms with Crippen LogP contribution in [0.4, 0.5) is 0 Å². The molecule has 1 heterocycles. The Kier molecular flexibility index (Phi) is 8.38. The minimum Gasteiger partial charge on any atom is -0.379 e. The van der Waals surface area contributed by atoms with Gasteiger partial charge >= 0.3 is 0 Å². The highest BCUT2D eigenvalue weighted by molar-refractivity contribution is 5.98. The molecule has 0 bridgehead atoms. The van der Waals surface area contributed by atoms with Gasteiger partial charge in [-0.1, -0.05) is 42.5 Å². The van der Waals surface area contributed by atoms with Crippen LogP contribution in [0.5, 0.6) is 0 Å². The molecule has 1 saturated heterocycles. The zero-order valence-electron chi connectivity index (χ0n) is 19.0. The highest BCUT2D eigenvalue weighted by Crippen LogP contribution is 2.16. The quantitative estimate of drug-likeness (QED) is 0.573. The van der Waals surface area contributed by atoms with Gasteiger partial charge in [0.15, 0.2) is 5.78 Å². The van der Waals surface area contributed by atoms with Crippen LogP contribution in [0.1, 0.15) is 46.8 Å². The lowest BCUT2D eigenvalue weighted by molar-refractivity contribution is -0.134. The predicted octanol–water partition coefficient (Wildman–Crippen LogP) is 4.02. The van der Waals surface area contributed by atoms with Gasteiger partial charge in [-0.15, -0.1) is 0 Å². The molecule has 1 aliphatic heterocycles. The molecule has 166 valence electrons. The van der Waals surface area contributed by atoms with Crippen LogP contribution in [0.2, 0.25) is 0 Å². The van der Waals surface area contributed by atoms with Crippen molar-refractivity contribution < 1.29 is 14.3 Å². The highest BCUT2D eigenvalue weighted by atomic mass is 16.5. The first-order valence-corrected chi connectivity index (χ1v) is 11.2. The highest BCUT2D eigenvalue weighted by Gasteiger charge is 2.24. The van der Waals surface area contributed by atoms with E-state index in [0.717, 1.165) is 44.0 Å². The second kappa shape index (κ2) is 11.2. The van der Waals surface area contributed by atoms with Crippen LogP contribution in [-0.4, -0.2) is 60.4 Å². The Balaban J connectivity index is 1.65. The average molecular weight is 423 g/mol. The van der Waals surface area contributed by atoms with Crippen molar-refractivity contribution in [2.45, 2.75) is 46.2 Å². The molecule has 1 atom stereocenters. The summed E-state index contributed by atoms with van der Waals surface area (Å²) in [6.07, 6.45) is 0.461. The predicted molar refractivity (Wildman–Crippen MR) is 123 cm³/mol. The van der Waals surface area contributed by atoms with Crippen molar-refractivity contribution in [2.75, 3.05) is 32.8 Å². The number of nitrogens with zero attached hydrogens (tertiary/aromatic N) is 2. The molecule has 0 N–H and O–H groups in total. The summed E-state index contributed by atoms with van der Waals surface area (Å²) in [4.78, 5) is 30.2. The van der Waals surface area contributed by atoms with Gasteiger partial charge in [-0.3, -0.25) is 14.5 Å². The average Bonchev–Trinajstić information content (AvgIpc) is 2.78. The molecule has 5 heteroatoms. The summed E-state index contributed by atoms with van der Waals surface area (Å²) in [5, 5.41) is 0. The first-order chi connectivity index (χ1) is 14.9. The van der Waals surface area contributed by atoms with Crippen LogP contribution >= 0.6 is 0 Å². The number of aryl methyl sites for hydroxylation is 2. The van der Waals surface area contributed by atoms with Gasteiger partial charge in [-0.25, -0.2) is 0 Å². The van der Waals surface area contributed by atoms with Gasteiger partial charge in [0.25, 0.3) is 0 Å². The fraction of sp³-hybridized carbons (Fsp3) is 0.462. The van der Waals surface area contributed by atoms with E-state index in [1.165, 1.54) is 5.56 Å². The third-order valence-electron chi connectivity index (χ3n) is 6.07. The fourth-order valence-corrected chi connectivity index (χ4v) is 3.95. The van der Waals surface area contributed by atoms with Crippen LogP contribution in [0.3, 0.4) is 0 Å². The van der Waals surface area contributed by atoms with Crippen molar-refractivity contribution in [1.82, 2.24) is 9.80 Å². The number of Topliss-reactive ketones (excluding diaryl/α,β-unsaturated/α-hetero) is 1. The van der Waals surface area contributed by atoms with Crippen LogP contribution in [0.25, 0.3) is 0 Å². The van der Waals surface area contributed by atoms with Gasteiger partial charge in [0, 0.05) is 50.6 Å². The Morgan fingerprint density at radius 1 is 1.00 bits per heavy atom. The number of rotatable bonds is 9. The molecule has 2 aromatic rings. The zero-order chi connectivity index (χ0) is 22.2. The summed E-state index contributed by atoms with van der Waals surface area (Å²) < 4.78 is 5.45. The first kappa shape index (κ1) is 23.2. The third kappa shape index (κ3) is 6.74. The Labute approximate surface area is 186 Å². The van der Waals surface area contributed by atoms with Crippen LogP contribution < -0.4 is 0 Å². The van der Waals surface area contributed by atoms with E-state index in [4.69, 9.17) is 4.74 Å². The van der Waals surface area contributed by atoms with E-state index in [2.05, 4.69) is 11.8 Å². The van der Waals surface area contributed by atoms with Gasteiger partial charge in [0.05, 0.1) is 13.2 Å². The van der Waals surface area contributed by atoms with E-state index in [9.17, 15) is 9.59 Å². The molecule has 0 radical (unpaired) electrons. The molecular formula is C26H34N2O3. The van der Waals surface area contributed by atoms with Crippen LogP contribution in [-0.2, 0) is 16.1 Å². The lowest BCUT2D eigenvalue weighted by Crippen LogP contribution is -2.48. The summed E-state index contributed by atoms with van der Waals surface area (Å²) in [7, 11) is 0. The number of hydrogen-bond acceptors (Lipinski definition) is 4. The minimum absolute atomic E-state index is 0.0249. The number of ketones is 1. The summed E-state index contributed by atoms with van der Waals surface area (Å²) in [6.45, 7) is 10.8. The number of hydrogen-bond donors (Lipinski definition) is 0. The van der Waals surface area contributed by atoms with Gasteiger partial charge in [0.1, 0.15) is 0 Å². The van der Waals surface area contributed by atoms with Gasteiger partial charge in [-0.2, -0.15) is 0 Å². The number of carbonyl (C=O) groups excluding carboxylic acids is 2. The fourth-order valence-electron chi connectivity index (χ4n) is 3.95. The molecule has 0 spiro atoms. The van der Waals surface area contributed by atoms with Crippen molar-refractivity contribution >= 4 is 11.7 Å². The molecular weight excluding hydrogens is 388 g/mol.